The Morgan fingerprint density at radius 3 is 2.35 bits per heavy atom. The SMILES string of the molecule is CC1(C)c2ccc(C3CO3)cc2C(C)(C)N1[OH2+]. The molecule has 2 aliphatic heterocycles. The van der Waals surface area contributed by atoms with Crippen molar-refractivity contribution in [3.8, 4) is 0 Å². The van der Waals surface area contributed by atoms with E-state index in [0.29, 0.717) is 6.10 Å². The van der Waals surface area contributed by atoms with Gasteiger partial charge in [-0.25, -0.2) is 0 Å². The summed E-state index contributed by atoms with van der Waals surface area (Å²) in [5, 5.41) is 10.0. The third-order valence-electron chi connectivity index (χ3n) is 4.19. The maximum Gasteiger partial charge on any atom is 0.109 e. The topological polar surface area (TPSA) is 38.7 Å². The average molecular weight is 234 g/mol. The quantitative estimate of drug-likeness (QED) is 0.552. The normalized spacial score (nSPS) is 29.1. The minimum atomic E-state index is -0.232. The molecule has 92 valence electrons. The maximum atomic E-state index is 8.32. The van der Waals surface area contributed by atoms with Crippen LogP contribution in [0.3, 0.4) is 0 Å². The van der Waals surface area contributed by atoms with Crippen LogP contribution in [-0.4, -0.2) is 16.9 Å². The van der Waals surface area contributed by atoms with Gasteiger partial charge in [0.1, 0.15) is 17.2 Å². The molecule has 0 bridgehead atoms. The molecule has 1 aromatic carbocycles. The summed E-state index contributed by atoms with van der Waals surface area (Å²) in [4.78, 5) is 0. The van der Waals surface area contributed by atoms with Crippen molar-refractivity contribution in [3.05, 3.63) is 34.9 Å². The first-order valence-electron chi connectivity index (χ1n) is 6.13. The van der Waals surface area contributed by atoms with Crippen LogP contribution >= 0.6 is 0 Å². The summed E-state index contributed by atoms with van der Waals surface area (Å²) < 4.78 is 5.34. The number of fused-ring (bicyclic) bond motifs is 1. The first-order chi connectivity index (χ1) is 7.85. The van der Waals surface area contributed by atoms with E-state index in [-0.39, 0.29) is 11.1 Å². The van der Waals surface area contributed by atoms with Gasteiger partial charge >= 0.3 is 0 Å². The van der Waals surface area contributed by atoms with Gasteiger partial charge in [0.25, 0.3) is 0 Å². The highest BCUT2D eigenvalue weighted by Gasteiger charge is 2.52. The van der Waals surface area contributed by atoms with E-state index in [2.05, 4.69) is 45.9 Å². The van der Waals surface area contributed by atoms with Gasteiger partial charge in [-0.2, -0.15) is 0 Å². The Hall–Kier alpha value is -0.900. The van der Waals surface area contributed by atoms with Crippen molar-refractivity contribution >= 4 is 0 Å². The van der Waals surface area contributed by atoms with Crippen LogP contribution in [0.25, 0.3) is 0 Å². The molecule has 1 atom stereocenters. The van der Waals surface area contributed by atoms with E-state index in [0.717, 1.165) is 6.61 Å². The molecule has 1 saturated heterocycles. The summed E-state index contributed by atoms with van der Waals surface area (Å²) in [6.45, 7) is 9.30. The average Bonchev–Trinajstić information content (AvgIpc) is 3.08. The van der Waals surface area contributed by atoms with E-state index in [1.165, 1.54) is 16.7 Å². The summed E-state index contributed by atoms with van der Waals surface area (Å²) in [5.41, 5.74) is 3.33. The molecule has 3 heteroatoms. The van der Waals surface area contributed by atoms with E-state index >= 15 is 0 Å². The smallest absolute Gasteiger partial charge is 0.109 e. The second kappa shape index (κ2) is 3.10. The molecule has 0 aromatic heterocycles. The first kappa shape index (κ1) is 11.2. The van der Waals surface area contributed by atoms with Crippen molar-refractivity contribution in [1.29, 1.82) is 0 Å². The molecule has 17 heavy (non-hydrogen) atoms. The molecule has 2 aliphatic rings. The lowest BCUT2D eigenvalue weighted by Crippen LogP contribution is -2.42. The maximum absolute atomic E-state index is 8.32. The monoisotopic (exact) mass is 234 g/mol. The van der Waals surface area contributed by atoms with Crippen molar-refractivity contribution in [2.24, 2.45) is 0 Å². The Labute approximate surface area is 102 Å². The predicted octanol–water partition coefficient (Wildman–Crippen LogP) is 2.18. The predicted molar refractivity (Wildman–Crippen MR) is 66.6 cm³/mol. The number of rotatable bonds is 1. The summed E-state index contributed by atoms with van der Waals surface area (Å²) in [7, 11) is 0. The van der Waals surface area contributed by atoms with Gasteiger partial charge in [-0.05, 0) is 44.4 Å². The van der Waals surface area contributed by atoms with Crippen molar-refractivity contribution in [2.45, 2.75) is 44.9 Å². The fourth-order valence-corrected chi connectivity index (χ4v) is 2.98. The zero-order valence-corrected chi connectivity index (χ0v) is 10.9. The molecule has 1 aromatic rings. The van der Waals surface area contributed by atoms with Gasteiger partial charge < -0.3 is 9.94 Å². The largest absolute Gasteiger partial charge is 0.368 e. The lowest BCUT2D eigenvalue weighted by Gasteiger charge is -2.29. The van der Waals surface area contributed by atoms with Crippen LogP contribution in [0.1, 0.15) is 50.5 Å². The Kier molecular flexibility index (Phi) is 2.05. The van der Waals surface area contributed by atoms with E-state index in [1.807, 2.05) is 0 Å². The van der Waals surface area contributed by atoms with Gasteiger partial charge in [-0.1, -0.05) is 23.3 Å². The first-order valence-corrected chi connectivity index (χ1v) is 6.13. The van der Waals surface area contributed by atoms with Crippen molar-refractivity contribution in [3.63, 3.8) is 0 Å². The minimum Gasteiger partial charge on any atom is -0.368 e. The van der Waals surface area contributed by atoms with Crippen molar-refractivity contribution < 1.29 is 9.94 Å². The molecule has 0 saturated carbocycles. The molecule has 0 radical (unpaired) electrons. The van der Waals surface area contributed by atoms with Gasteiger partial charge in [0, 0.05) is 0 Å². The van der Waals surface area contributed by atoms with Gasteiger partial charge in [-0.15, -0.1) is 0 Å². The van der Waals surface area contributed by atoms with E-state index in [1.54, 1.807) is 5.06 Å². The fourth-order valence-electron chi connectivity index (χ4n) is 2.98. The molecule has 1 unspecified atom stereocenters. The van der Waals surface area contributed by atoms with Crippen LogP contribution in [0.5, 0.6) is 0 Å². The van der Waals surface area contributed by atoms with E-state index in [4.69, 9.17) is 9.94 Å². The zero-order valence-electron chi connectivity index (χ0n) is 10.9. The molecule has 2 heterocycles. The standard InChI is InChI=1S/C14H19NO2/c1-13(2)10-6-5-9(12-8-17-12)7-11(10)14(3,4)15(13)16/h5-7,12,16H,8H2,1-4H3/p+1. The molecule has 3 nitrogen and oxygen atoms in total. The van der Waals surface area contributed by atoms with Gasteiger partial charge in [0.15, 0.2) is 0 Å². The van der Waals surface area contributed by atoms with E-state index < -0.39 is 0 Å². The number of nitrogens with zero attached hydrogens (tertiary/aromatic N) is 1. The molecule has 1 fully saturated rings. The number of hydroxylamine groups is 2. The van der Waals surface area contributed by atoms with Crippen molar-refractivity contribution in [1.82, 2.24) is 5.06 Å². The summed E-state index contributed by atoms with van der Waals surface area (Å²) >= 11 is 0. The molecular formula is C14H20NO2+. The van der Waals surface area contributed by atoms with Gasteiger partial charge in [0.2, 0.25) is 0 Å². The highest BCUT2D eigenvalue weighted by molar-refractivity contribution is 5.45. The Bertz CT molecular complexity index is 475. The summed E-state index contributed by atoms with van der Waals surface area (Å²) in [6, 6.07) is 6.54. The highest BCUT2D eigenvalue weighted by atomic mass is 16.6. The number of hydrogen-bond donors (Lipinski definition) is 0. The second-order valence-corrected chi connectivity index (χ2v) is 6.08. The highest BCUT2D eigenvalue weighted by Crippen LogP contribution is 2.49. The second-order valence-electron chi connectivity index (χ2n) is 6.08. The van der Waals surface area contributed by atoms with Crippen LogP contribution in [0.2, 0.25) is 0 Å². The molecule has 0 spiro atoms. The Morgan fingerprint density at radius 2 is 1.76 bits per heavy atom. The fraction of sp³-hybridized carbons (Fsp3) is 0.571. The lowest BCUT2D eigenvalue weighted by atomic mass is 9.89. The van der Waals surface area contributed by atoms with Crippen molar-refractivity contribution in [2.75, 3.05) is 6.61 Å². The van der Waals surface area contributed by atoms with Crippen LogP contribution in [0.4, 0.5) is 0 Å². The lowest BCUT2D eigenvalue weighted by molar-refractivity contribution is -0.216. The van der Waals surface area contributed by atoms with Gasteiger partial charge in [0.05, 0.1) is 6.61 Å². The number of epoxide rings is 1. The number of hydrogen-bond acceptors (Lipinski definition) is 2. The summed E-state index contributed by atoms with van der Waals surface area (Å²) in [5.74, 6) is 0. The Balaban J connectivity index is 2.17. The Morgan fingerprint density at radius 1 is 1.18 bits per heavy atom. The minimum absolute atomic E-state index is 0.220. The summed E-state index contributed by atoms with van der Waals surface area (Å²) in [6.07, 6.45) is 0.291. The third kappa shape index (κ3) is 1.39. The molecular weight excluding hydrogens is 214 g/mol. The van der Waals surface area contributed by atoms with Crippen LogP contribution in [-0.2, 0) is 15.8 Å². The van der Waals surface area contributed by atoms with Crippen LogP contribution in [0, 0.1) is 0 Å². The third-order valence-corrected chi connectivity index (χ3v) is 4.19. The zero-order chi connectivity index (χ0) is 12.4. The number of benzene rings is 1. The molecule has 2 N–H and O–H groups in total. The van der Waals surface area contributed by atoms with Crippen LogP contribution in [0.15, 0.2) is 18.2 Å². The molecule has 0 amide bonds. The van der Waals surface area contributed by atoms with E-state index in [9.17, 15) is 0 Å². The molecule has 3 rings (SSSR count). The van der Waals surface area contributed by atoms with Gasteiger partial charge in [-0.3, -0.25) is 0 Å². The van der Waals surface area contributed by atoms with Crippen LogP contribution < -0.4 is 0 Å². The molecule has 0 aliphatic carbocycles. The number of ether oxygens (including phenoxy) is 1.